The molecule has 104 valence electrons. The Hall–Kier alpha value is -2.30. The smallest absolute Gasteiger partial charge is 0.341 e. The number of carbonyl (C=O) groups excluding carboxylic acids is 1. The van der Waals surface area contributed by atoms with Crippen molar-refractivity contribution in [3.05, 3.63) is 41.5 Å². The maximum atomic E-state index is 11.7. The van der Waals surface area contributed by atoms with Crippen LogP contribution >= 0.6 is 0 Å². The minimum Gasteiger partial charge on any atom is -0.462 e. The molecule has 2 rings (SSSR count). The van der Waals surface area contributed by atoms with Crippen molar-refractivity contribution in [2.45, 2.75) is 27.2 Å². The molecule has 0 saturated carbocycles. The fourth-order valence-electron chi connectivity index (χ4n) is 1.93. The van der Waals surface area contributed by atoms with Gasteiger partial charge in [0.05, 0.1) is 17.9 Å². The van der Waals surface area contributed by atoms with Crippen LogP contribution in [0.4, 0.5) is 0 Å². The van der Waals surface area contributed by atoms with Gasteiger partial charge in [-0.15, -0.1) is 0 Å². The summed E-state index contributed by atoms with van der Waals surface area (Å²) in [7, 11) is 0. The number of pyridine rings is 1. The van der Waals surface area contributed by atoms with Crippen molar-refractivity contribution in [3.63, 3.8) is 0 Å². The summed E-state index contributed by atoms with van der Waals surface area (Å²) in [4.78, 5) is 24.5. The number of nitrogens with zero attached hydrogens (tertiary/aromatic N) is 3. The highest BCUT2D eigenvalue weighted by Gasteiger charge is 2.14. The third-order valence-corrected chi connectivity index (χ3v) is 3.00. The first-order chi connectivity index (χ1) is 9.67. The maximum absolute atomic E-state index is 11.7. The van der Waals surface area contributed by atoms with Crippen LogP contribution in [0.2, 0.25) is 0 Å². The number of hydrogen-bond acceptors (Lipinski definition) is 5. The molecule has 0 aliphatic heterocycles. The third-order valence-electron chi connectivity index (χ3n) is 3.00. The predicted octanol–water partition coefficient (Wildman–Crippen LogP) is 2.59. The van der Waals surface area contributed by atoms with Crippen molar-refractivity contribution in [1.29, 1.82) is 0 Å². The Morgan fingerprint density at radius 1 is 1.30 bits per heavy atom. The van der Waals surface area contributed by atoms with E-state index in [1.54, 1.807) is 20.0 Å². The van der Waals surface area contributed by atoms with Crippen LogP contribution in [0.5, 0.6) is 0 Å². The van der Waals surface area contributed by atoms with Crippen LogP contribution in [-0.2, 0) is 11.2 Å². The molecule has 0 unspecified atom stereocenters. The SMILES string of the molecule is CCOC(=O)c1cnc(-c2ccncc2CC)nc1C. The van der Waals surface area contributed by atoms with Gasteiger partial charge in [-0.1, -0.05) is 6.92 Å². The zero-order valence-corrected chi connectivity index (χ0v) is 11.9. The molecule has 0 N–H and O–H groups in total. The third kappa shape index (κ3) is 2.82. The van der Waals surface area contributed by atoms with Crippen LogP contribution in [0.1, 0.15) is 35.5 Å². The largest absolute Gasteiger partial charge is 0.462 e. The summed E-state index contributed by atoms with van der Waals surface area (Å²) >= 11 is 0. The summed E-state index contributed by atoms with van der Waals surface area (Å²) in [5.41, 5.74) is 3.05. The van der Waals surface area contributed by atoms with E-state index in [9.17, 15) is 4.79 Å². The molecule has 20 heavy (non-hydrogen) atoms. The summed E-state index contributed by atoms with van der Waals surface area (Å²) < 4.78 is 4.97. The summed E-state index contributed by atoms with van der Waals surface area (Å²) in [6, 6.07) is 1.89. The van der Waals surface area contributed by atoms with Gasteiger partial charge in [-0.25, -0.2) is 14.8 Å². The normalized spacial score (nSPS) is 10.3. The first kappa shape index (κ1) is 14.1. The van der Waals surface area contributed by atoms with Crippen LogP contribution in [0, 0.1) is 6.92 Å². The van der Waals surface area contributed by atoms with Crippen LogP contribution in [-0.4, -0.2) is 27.5 Å². The summed E-state index contributed by atoms with van der Waals surface area (Å²) in [6.45, 7) is 5.95. The zero-order chi connectivity index (χ0) is 14.5. The van der Waals surface area contributed by atoms with Gasteiger partial charge in [0.1, 0.15) is 0 Å². The van der Waals surface area contributed by atoms with E-state index in [1.807, 2.05) is 12.3 Å². The Balaban J connectivity index is 2.41. The van der Waals surface area contributed by atoms with Gasteiger partial charge in [-0.3, -0.25) is 4.98 Å². The topological polar surface area (TPSA) is 65.0 Å². The molecule has 0 aliphatic carbocycles. The highest BCUT2D eigenvalue weighted by Crippen LogP contribution is 2.20. The average Bonchev–Trinajstić information content (AvgIpc) is 2.47. The molecule has 2 aromatic heterocycles. The van der Waals surface area contributed by atoms with Crippen LogP contribution in [0.15, 0.2) is 24.7 Å². The zero-order valence-electron chi connectivity index (χ0n) is 11.9. The average molecular weight is 271 g/mol. The number of esters is 1. The van der Waals surface area contributed by atoms with Gasteiger partial charge in [-0.2, -0.15) is 0 Å². The molecule has 0 fully saturated rings. The molecule has 0 atom stereocenters. The number of aryl methyl sites for hydroxylation is 2. The van der Waals surface area contributed by atoms with Crippen molar-refractivity contribution >= 4 is 5.97 Å². The predicted molar refractivity (Wildman–Crippen MR) is 75.3 cm³/mol. The second kappa shape index (κ2) is 6.23. The second-order valence-corrected chi connectivity index (χ2v) is 4.30. The van der Waals surface area contributed by atoms with E-state index < -0.39 is 0 Å². The first-order valence-electron chi connectivity index (χ1n) is 6.61. The highest BCUT2D eigenvalue weighted by molar-refractivity contribution is 5.90. The van der Waals surface area contributed by atoms with E-state index in [0.29, 0.717) is 23.7 Å². The highest BCUT2D eigenvalue weighted by atomic mass is 16.5. The van der Waals surface area contributed by atoms with E-state index in [4.69, 9.17) is 4.74 Å². The van der Waals surface area contributed by atoms with Gasteiger partial charge >= 0.3 is 5.97 Å². The maximum Gasteiger partial charge on any atom is 0.341 e. The summed E-state index contributed by atoms with van der Waals surface area (Å²) in [5.74, 6) is 0.219. The molecule has 0 saturated heterocycles. The minimum atomic E-state index is -0.387. The number of carbonyl (C=O) groups is 1. The van der Waals surface area contributed by atoms with Crippen molar-refractivity contribution in [2.24, 2.45) is 0 Å². The quantitative estimate of drug-likeness (QED) is 0.800. The van der Waals surface area contributed by atoms with Crippen molar-refractivity contribution in [3.8, 4) is 11.4 Å². The van der Waals surface area contributed by atoms with E-state index in [1.165, 1.54) is 6.20 Å². The fraction of sp³-hybridized carbons (Fsp3) is 0.333. The Labute approximate surface area is 118 Å². The lowest BCUT2D eigenvalue weighted by molar-refractivity contribution is 0.0524. The molecule has 2 heterocycles. The lowest BCUT2D eigenvalue weighted by Crippen LogP contribution is -2.09. The minimum absolute atomic E-state index is 0.338. The van der Waals surface area contributed by atoms with E-state index in [0.717, 1.165) is 17.5 Å². The molecule has 0 radical (unpaired) electrons. The van der Waals surface area contributed by atoms with E-state index in [2.05, 4.69) is 21.9 Å². The number of ether oxygens (including phenoxy) is 1. The monoisotopic (exact) mass is 271 g/mol. The van der Waals surface area contributed by atoms with E-state index in [-0.39, 0.29) is 5.97 Å². The lowest BCUT2D eigenvalue weighted by atomic mass is 10.1. The fourth-order valence-corrected chi connectivity index (χ4v) is 1.93. The molecule has 0 amide bonds. The lowest BCUT2D eigenvalue weighted by Gasteiger charge is -2.08. The number of hydrogen-bond donors (Lipinski definition) is 0. The van der Waals surface area contributed by atoms with Gasteiger partial charge < -0.3 is 4.74 Å². The Morgan fingerprint density at radius 3 is 2.75 bits per heavy atom. The van der Waals surface area contributed by atoms with Gasteiger partial charge in [0.2, 0.25) is 0 Å². The van der Waals surface area contributed by atoms with Crippen LogP contribution in [0.3, 0.4) is 0 Å². The van der Waals surface area contributed by atoms with Crippen molar-refractivity contribution < 1.29 is 9.53 Å². The summed E-state index contributed by atoms with van der Waals surface area (Å²) in [6.07, 6.45) is 5.90. The van der Waals surface area contributed by atoms with Crippen molar-refractivity contribution in [1.82, 2.24) is 15.0 Å². The molecule has 0 bridgehead atoms. The Kier molecular flexibility index (Phi) is 4.40. The van der Waals surface area contributed by atoms with Gasteiger partial charge in [0.25, 0.3) is 0 Å². The molecule has 5 heteroatoms. The van der Waals surface area contributed by atoms with Crippen LogP contribution in [0.25, 0.3) is 11.4 Å². The second-order valence-electron chi connectivity index (χ2n) is 4.30. The first-order valence-corrected chi connectivity index (χ1v) is 6.61. The van der Waals surface area contributed by atoms with Crippen molar-refractivity contribution in [2.75, 3.05) is 6.61 Å². The molecular formula is C15H17N3O2. The Morgan fingerprint density at radius 2 is 2.10 bits per heavy atom. The van der Waals surface area contributed by atoms with Crippen LogP contribution < -0.4 is 0 Å². The Bertz CT molecular complexity index is 626. The standard InChI is InChI=1S/C15H17N3O2/c1-4-11-8-16-7-6-12(11)14-17-9-13(10(3)18-14)15(19)20-5-2/h6-9H,4-5H2,1-3H3. The summed E-state index contributed by atoms with van der Waals surface area (Å²) in [5, 5.41) is 0. The van der Waals surface area contributed by atoms with Gasteiger partial charge in [-0.05, 0) is 31.9 Å². The van der Waals surface area contributed by atoms with E-state index >= 15 is 0 Å². The van der Waals surface area contributed by atoms with Gasteiger partial charge in [0, 0.05) is 24.2 Å². The molecule has 5 nitrogen and oxygen atoms in total. The number of rotatable bonds is 4. The molecule has 0 aliphatic rings. The molecular weight excluding hydrogens is 254 g/mol. The molecule has 0 spiro atoms. The molecule has 2 aromatic rings. The molecule has 0 aromatic carbocycles. The number of aromatic nitrogens is 3. The van der Waals surface area contributed by atoms with Gasteiger partial charge in [0.15, 0.2) is 5.82 Å².